The molecule has 1 saturated heterocycles. The molecule has 1 aromatic carbocycles. The highest BCUT2D eigenvalue weighted by molar-refractivity contribution is 5.78. The van der Waals surface area contributed by atoms with Crippen LogP contribution in [0.15, 0.2) is 34.9 Å². The zero-order valence-electron chi connectivity index (χ0n) is 14.2. The van der Waals surface area contributed by atoms with Crippen molar-refractivity contribution in [2.24, 2.45) is 0 Å². The molecule has 1 aliphatic rings. The first-order chi connectivity index (χ1) is 11.5. The molecule has 0 N–H and O–H groups in total. The second-order valence-corrected chi connectivity index (χ2v) is 6.14. The van der Waals surface area contributed by atoms with Crippen molar-refractivity contribution in [3.8, 4) is 17.1 Å². The maximum atomic E-state index is 12.5. The minimum Gasteiger partial charge on any atom is -0.497 e. The molecule has 1 aromatic heterocycles. The largest absolute Gasteiger partial charge is 0.497 e. The predicted molar refractivity (Wildman–Crippen MR) is 88.8 cm³/mol. The molecule has 2 unspecified atom stereocenters. The Labute approximate surface area is 141 Å². The summed E-state index contributed by atoms with van der Waals surface area (Å²) in [4.78, 5) is 14.3. The average Bonchev–Trinajstić information content (AvgIpc) is 3.02. The first-order valence-corrected chi connectivity index (χ1v) is 8.08. The number of hydrogen-bond donors (Lipinski definition) is 0. The van der Waals surface area contributed by atoms with Gasteiger partial charge in [-0.1, -0.05) is 5.16 Å². The molecule has 6 nitrogen and oxygen atoms in total. The van der Waals surface area contributed by atoms with Gasteiger partial charge in [-0.3, -0.25) is 4.79 Å². The van der Waals surface area contributed by atoms with Gasteiger partial charge in [0.05, 0.1) is 31.4 Å². The quantitative estimate of drug-likeness (QED) is 0.862. The van der Waals surface area contributed by atoms with Crippen molar-refractivity contribution >= 4 is 5.91 Å². The van der Waals surface area contributed by atoms with Gasteiger partial charge in [-0.25, -0.2) is 0 Å². The van der Waals surface area contributed by atoms with Crippen molar-refractivity contribution in [3.05, 3.63) is 36.0 Å². The summed E-state index contributed by atoms with van der Waals surface area (Å²) < 4.78 is 16.2. The van der Waals surface area contributed by atoms with Crippen LogP contribution in [-0.2, 0) is 16.0 Å². The number of carbonyl (C=O) groups is 1. The van der Waals surface area contributed by atoms with Crippen molar-refractivity contribution in [1.29, 1.82) is 0 Å². The summed E-state index contributed by atoms with van der Waals surface area (Å²) in [7, 11) is 1.63. The second kappa shape index (κ2) is 7.05. The molecule has 6 heteroatoms. The van der Waals surface area contributed by atoms with Gasteiger partial charge in [0.1, 0.15) is 5.75 Å². The Morgan fingerprint density at radius 2 is 1.92 bits per heavy atom. The lowest BCUT2D eigenvalue weighted by atomic mass is 10.1. The molecule has 24 heavy (non-hydrogen) atoms. The molecule has 0 aliphatic carbocycles. The number of hydrogen-bond acceptors (Lipinski definition) is 5. The number of amides is 1. The Bertz CT molecular complexity index is 685. The van der Waals surface area contributed by atoms with E-state index in [2.05, 4.69) is 5.16 Å². The Morgan fingerprint density at radius 3 is 2.54 bits per heavy atom. The van der Waals surface area contributed by atoms with E-state index in [4.69, 9.17) is 14.0 Å². The number of rotatable bonds is 4. The number of methoxy groups -OCH3 is 1. The van der Waals surface area contributed by atoms with Crippen LogP contribution in [0, 0.1) is 0 Å². The highest BCUT2D eigenvalue weighted by Gasteiger charge is 2.26. The van der Waals surface area contributed by atoms with Gasteiger partial charge in [0.25, 0.3) is 0 Å². The van der Waals surface area contributed by atoms with Gasteiger partial charge in [-0.15, -0.1) is 0 Å². The van der Waals surface area contributed by atoms with Gasteiger partial charge in [0.15, 0.2) is 5.76 Å². The first kappa shape index (κ1) is 16.5. The normalized spacial score (nSPS) is 20.9. The van der Waals surface area contributed by atoms with Crippen LogP contribution in [0.5, 0.6) is 5.75 Å². The first-order valence-electron chi connectivity index (χ1n) is 8.08. The number of morpholine rings is 1. The van der Waals surface area contributed by atoms with Crippen molar-refractivity contribution in [2.75, 3.05) is 20.2 Å². The number of ether oxygens (including phenoxy) is 2. The Morgan fingerprint density at radius 1 is 1.25 bits per heavy atom. The third-order valence-electron chi connectivity index (χ3n) is 4.04. The molecule has 1 amide bonds. The lowest BCUT2D eigenvalue weighted by molar-refractivity contribution is -0.142. The highest BCUT2D eigenvalue weighted by Crippen LogP contribution is 2.23. The molecule has 1 fully saturated rings. The molecule has 2 heterocycles. The highest BCUT2D eigenvalue weighted by atomic mass is 16.5. The summed E-state index contributed by atoms with van der Waals surface area (Å²) in [6.45, 7) is 5.19. The van der Waals surface area contributed by atoms with Crippen molar-refractivity contribution in [3.63, 3.8) is 0 Å². The molecule has 2 aromatic rings. The lowest BCUT2D eigenvalue weighted by Gasteiger charge is -2.35. The van der Waals surface area contributed by atoms with Crippen LogP contribution in [0.3, 0.4) is 0 Å². The van der Waals surface area contributed by atoms with E-state index in [0.717, 1.165) is 11.3 Å². The molecule has 3 rings (SSSR count). The lowest BCUT2D eigenvalue weighted by Crippen LogP contribution is -2.48. The van der Waals surface area contributed by atoms with Crippen molar-refractivity contribution in [2.45, 2.75) is 32.5 Å². The van der Waals surface area contributed by atoms with Crippen LogP contribution < -0.4 is 4.74 Å². The van der Waals surface area contributed by atoms with E-state index in [1.807, 2.05) is 49.1 Å². The predicted octanol–water partition coefficient (Wildman–Crippen LogP) is 2.53. The Hall–Kier alpha value is -2.34. The van der Waals surface area contributed by atoms with E-state index in [1.165, 1.54) is 0 Å². The average molecular weight is 330 g/mol. The molecule has 2 atom stereocenters. The second-order valence-electron chi connectivity index (χ2n) is 6.14. The van der Waals surface area contributed by atoms with Gasteiger partial charge < -0.3 is 18.9 Å². The van der Waals surface area contributed by atoms with E-state index in [0.29, 0.717) is 24.5 Å². The minimum absolute atomic E-state index is 0.0478. The smallest absolute Gasteiger partial charge is 0.228 e. The van der Waals surface area contributed by atoms with Crippen LogP contribution in [0.25, 0.3) is 11.3 Å². The summed E-state index contributed by atoms with van der Waals surface area (Å²) >= 11 is 0. The van der Waals surface area contributed by atoms with Crippen LogP contribution >= 0.6 is 0 Å². The molecule has 0 bridgehead atoms. The van der Waals surface area contributed by atoms with E-state index in [1.54, 1.807) is 7.11 Å². The molecule has 0 radical (unpaired) electrons. The van der Waals surface area contributed by atoms with E-state index in [-0.39, 0.29) is 24.5 Å². The van der Waals surface area contributed by atoms with E-state index < -0.39 is 0 Å². The third kappa shape index (κ3) is 3.76. The van der Waals surface area contributed by atoms with Crippen LogP contribution in [0.1, 0.15) is 19.5 Å². The summed E-state index contributed by atoms with van der Waals surface area (Å²) in [6.07, 6.45) is 0.355. The van der Waals surface area contributed by atoms with Gasteiger partial charge in [0, 0.05) is 24.7 Å². The summed E-state index contributed by atoms with van der Waals surface area (Å²) in [5, 5.41) is 4.02. The summed E-state index contributed by atoms with van der Waals surface area (Å²) in [5.74, 6) is 1.47. The summed E-state index contributed by atoms with van der Waals surface area (Å²) in [6, 6.07) is 9.33. The number of benzene rings is 1. The van der Waals surface area contributed by atoms with Gasteiger partial charge in [-0.2, -0.15) is 0 Å². The Kier molecular flexibility index (Phi) is 4.85. The van der Waals surface area contributed by atoms with Crippen molar-refractivity contribution in [1.82, 2.24) is 10.1 Å². The monoisotopic (exact) mass is 330 g/mol. The molecule has 1 aliphatic heterocycles. The standard InChI is InChI=1S/C18H22N2O4/c1-12-10-20(11-13(2)23-12)18(21)9-15-8-17(24-19-15)14-4-6-16(22-3)7-5-14/h4-8,12-13H,9-11H2,1-3H3. The van der Waals surface area contributed by atoms with Crippen LogP contribution in [-0.4, -0.2) is 48.4 Å². The third-order valence-corrected chi connectivity index (χ3v) is 4.04. The van der Waals surface area contributed by atoms with Crippen molar-refractivity contribution < 1.29 is 18.8 Å². The topological polar surface area (TPSA) is 64.8 Å². The molecule has 0 saturated carbocycles. The zero-order chi connectivity index (χ0) is 17.1. The van der Waals surface area contributed by atoms with Crippen LogP contribution in [0.4, 0.5) is 0 Å². The molecule has 0 spiro atoms. The maximum absolute atomic E-state index is 12.5. The van der Waals surface area contributed by atoms with E-state index in [9.17, 15) is 4.79 Å². The number of nitrogens with zero attached hydrogens (tertiary/aromatic N) is 2. The minimum atomic E-state index is 0.0478. The van der Waals surface area contributed by atoms with Gasteiger partial charge in [-0.05, 0) is 38.1 Å². The SMILES string of the molecule is COc1ccc(-c2cc(CC(=O)N3CC(C)OC(C)C3)no2)cc1. The van der Waals surface area contributed by atoms with Gasteiger partial charge in [0.2, 0.25) is 5.91 Å². The Balaban J connectivity index is 1.66. The van der Waals surface area contributed by atoms with E-state index >= 15 is 0 Å². The fourth-order valence-corrected chi connectivity index (χ4v) is 2.93. The zero-order valence-corrected chi connectivity index (χ0v) is 14.2. The number of carbonyl (C=O) groups excluding carboxylic acids is 1. The maximum Gasteiger partial charge on any atom is 0.228 e. The summed E-state index contributed by atoms with van der Waals surface area (Å²) in [5.41, 5.74) is 1.54. The fraction of sp³-hybridized carbons (Fsp3) is 0.444. The molecular formula is C18H22N2O4. The fourth-order valence-electron chi connectivity index (χ4n) is 2.93. The molecule has 128 valence electrons. The van der Waals surface area contributed by atoms with Crippen LogP contribution in [0.2, 0.25) is 0 Å². The van der Waals surface area contributed by atoms with Gasteiger partial charge >= 0.3 is 0 Å². The molecular weight excluding hydrogens is 308 g/mol. The number of aromatic nitrogens is 1.